The number of para-hydroxylation sites is 1. The predicted molar refractivity (Wildman–Crippen MR) is 174 cm³/mol. The molecule has 0 atom stereocenters. The monoisotopic (exact) mass is 553 g/mol. The van der Waals surface area contributed by atoms with Crippen LogP contribution in [0, 0.1) is 0 Å². The van der Waals surface area contributed by atoms with Gasteiger partial charge in [-0.3, -0.25) is 4.90 Å². The summed E-state index contributed by atoms with van der Waals surface area (Å²) >= 11 is 0. The molecule has 0 saturated heterocycles. The lowest BCUT2D eigenvalue weighted by atomic mass is 9.71. The lowest BCUT2D eigenvalue weighted by Gasteiger charge is -2.32. The number of rotatable bonds is 11. The Morgan fingerprint density at radius 3 is 2.17 bits per heavy atom. The first-order valence-electron chi connectivity index (χ1n) is 15.3. The van der Waals surface area contributed by atoms with E-state index in [1.165, 1.54) is 42.4 Å². The highest BCUT2D eigenvalue weighted by Crippen LogP contribution is 2.56. The highest BCUT2D eigenvalue weighted by Gasteiger charge is 2.44. The van der Waals surface area contributed by atoms with Crippen molar-refractivity contribution >= 4 is 17.2 Å². The second-order valence-electron chi connectivity index (χ2n) is 11.2. The van der Waals surface area contributed by atoms with Crippen LogP contribution in [0.15, 0.2) is 109 Å². The second-order valence-corrected chi connectivity index (χ2v) is 11.2. The van der Waals surface area contributed by atoms with Gasteiger partial charge in [-0.25, -0.2) is 9.97 Å². The molecule has 6 rings (SSSR count). The van der Waals surface area contributed by atoms with Crippen LogP contribution in [-0.4, -0.2) is 17.1 Å². The number of nitrogens with zero attached hydrogens (tertiary/aromatic N) is 3. The van der Waals surface area contributed by atoms with Crippen LogP contribution >= 0.6 is 0 Å². The first kappa shape index (κ1) is 27.7. The number of pyridine rings is 2. The van der Waals surface area contributed by atoms with E-state index < -0.39 is 0 Å². The molecule has 0 bridgehead atoms. The smallest absolute Gasteiger partial charge is 0.137 e. The van der Waals surface area contributed by atoms with Crippen LogP contribution in [0.2, 0.25) is 0 Å². The van der Waals surface area contributed by atoms with Gasteiger partial charge in [0.2, 0.25) is 0 Å². The Morgan fingerprint density at radius 2 is 1.45 bits per heavy atom. The molecule has 0 saturated carbocycles. The average Bonchev–Trinajstić information content (AvgIpc) is 3.33. The van der Waals surface area contributed by atoms with Crippen LogP contribution in [-0.2, 0) is 5.41 Å². The van der Waals surface area contributed by atoms with E-state index >= 15 is 0 Å². The lowest BCUT2D eigenvalue weighted by Crippen LogP contribution is -2.25. The highest BCUT2D eigenvalue weighted by atomic mass is 16.5. The minimum Gasteiger partial charge on any atom is -0.496 e. The van der Waals surface area contributed by atoms with E-state index in [9.17, 15) is 0 Å². The van der Waals surface area contributed by atoms with Gasteiger partial charge in [0.1, 0.15) is 11.6 Å². The van der Waals surface area contributed by atoms with Crippen LogP contribution in [0.4, 0.5) is 17.2 Å². The second kappa shape index (κ2) is 12.2. The Bertz CT molecular complexity index is 1600. The SMILES string of the molecule is CCCCC1(CCCC)c2ccc(-c3cccc(N(c4ccccc4)c4ccccn4)c3)nc2-c2c(OC)cccc21. The van der Waals surface area contributed by atoms with Crippen LogP contribution in [0.5, 0.6) is 5.75 Å². The maximum Gasteiger partial charge on any atom is 0.137 e. The fourth-order valence-corrected chi connectivity index (χ4v) is 6.59. The van der Waals surface area contributed by atoms with Crippen LogP contribution < -0.4 is 9.64 Å². The van der Waals surface area contributed by atoms with Crippen LogP contribution in [0.3, 0.4) is 0 Å². The summed E-state index contributed by atoms with van der Waals surface area (Å²) in [6.07, 6.45) is 8.82. The summed E-state index contributed by atoms with van der Waals surface area (Å²) in [5.74, 6) is 1.78. The molecule has 1 aliphatic rings. The minimum absolute atomic E-state index is 0.0261. The number of fused-ring (bicyclic) bond motifs is 3. The van der Waals surface area contributed by atoms with Gasteiger partial charge in [-0.1, -0.05) is 94.1 Å². The molecule has 0 spiro atoms. The number of aromatic nitrogens is 2. The van der Waals surface area contributed by atoms with Crippen molar-refractivity contribution in [2.45, 2.75) is 57.8 Å². The molecule has 4 nitrogen and oxygen atoms in total. The van der Waals surface area contributed by atoms with Gasteiger partial charge in [0.05, 0.1) is 18.5 Å². The molecule has 1 aliphatic carbocycles. The number of ether oxygens (including phenoxy) is 1. The molecular weight excluding hydrogens is 514 g/mol. The Hall–Kier alpha value is -4.44. The van der Waals surface area contributed by atoms with E-state index in [0.717, 1.165) is 52.7 Å². The first-order chi connectivity index (χ1) is 20.7. The molecule has 5 aromatic rings. The summed E-state index contributed by atoms with van der Waals surface area (Å²) in [6.45, 7) is 4.57. The number of unbranched alkanes of at least 4 members (excludes halogenated alkanes) is 2. The Kier molecular flexibility index (Phi) is 8.05. The average molecular weight is 554 g/mol. The van der Waals surface area contributed by atoms with Crippen molar-refractivity contribution in [3.63, 3.8) is 0 Å². The van der Waals surface area contributed by atoms with Gasteiger partial charge < -0.3 is 4.74 Å². The minimum atomic E-state index is -0.0261. The quantitative estimate of drug-likeness (QED) is 0.163. The van der Waals surface area contributed by atoms with E-state index in [1.807, 2.05) is 30.5 Å². The normalized spacial score (nSPS) is 12.9. The van der Waals surface area contributed by atoms with Crippen molar-refractivity contribution in [2.75, 3.05) is 12.0 Å². The summed E-state index contributed by atoms with van der Waals surface area (Å²) in [5, 5.41) is 0. The molecule has 0 aliphatic heterocycles. The van der Waals surface area contributed by atoms with E-state index in [0.29, 0.717) is 0 Å². The number of methoxy groups -OCH3 is 1. The third kappa shape index (κ3) is 4.96. The molecule has 0 amide bonds. The molecule has 2 heterocycles. The highest BCUT2D eigenvalue weighted by molar-refractivity contribution is 5.85. The third-order valence-electron chi connectivity index (χ3n) is 8.62. The molecular formula is C38H39N3O. The van der Waals surface area contributed by atoms with Crippen molar-refractivity contribution in [3.8, 4) is 28.3 Å². The van der Waals surface area contributed by atoms with Gasteiger partial charge in [-0.15, -0.1) is 0 Å². The van der Waals surface area contributed by atoms with Crippen molar-refractivity contribution < 1.29 is 4.74 Å². The summed E-state index contributed by atoms with van der Waals surface area (Å²) in [6, 6.07) is 36.1. The molecule has 0 fully saturated rings. The van der Waals surface area contributed by atoms with E-state index in [-0.39, 0.29) is 5.41 Å². The van der Waals surface area contributed by atoms with Crippen molar-refractivity contribution in [1.82, 2.24) is 9.97 Å². The number of anilines is 3. The summed E-state index contributed by atoms with van der Waals surface area (Å²) in [7, 11) is 1.77. The summed E-state index contributed by atoms with van der Waals surface area (Å²) in [5.41, 5.74) is 9.07. The fraction of sp³-hybridized carbons (Fsp3) is 0.263. The summed E-state index contributed by atoms with van der Waals surface area (Å²) in [4.78, 5) is 12.3. The van der Waals surface area contributed by atoms with E-state index in [4.69, 9.17) is 9.72 Å². The summed E-state index contributed by atoms with van der Waals surface area (Å²) < 4.78 is 5.96. The largest absolute Gasteiger partial charge is 0.496 e. The van der Waals surface area contributed by atoms with Crippen LogP contribution in [0.1, 0.15) is 63.5 Å². The van der Waals surface area contributed by atoms with E-state index in [1.54, 1.807) is 7.11 Å². The molecule has 0 N–H and O–H groups in total. The number of hydrogen-bond donors (Lipinski definition) is 0. The molecule has 212 valence electrons. The fourth-order valence-electron chi connectivity index (χ4n) is 6.59. The number of benzene rings is 3. The van der Waals surface area contributed by atoms with E-state index in [2.05, 4.69) is 103 Å². The zero-order valence-electron chi connectivity index (χ0n) is 24.9. The molecule has 42 heavy (non-hydrogen) atoms. The van der Waals surface area contributed by atoms with Gasteiger partial charge in [0.25, 0.3) is 0 Å². The molecule has 2 aromatic heterocycles. The van der Waals surface area contributed by atoms with Crippen molar-refractivity contribution in [2.24, 2.45) is 0 Å². The molecule has 3 aromatic carbocycles. The van der Waals surface area contributed by atoms with Crippen molar-refractivity contribution in [1.29, 1.82) is 0 Å². The predicted octanol–water partition coefficient (Wildman–Crippen LogP) is 10.3. The topological polar surface area (TPSA) is 38.2 Å². The Morgan fingerprint density at radius 1 is 0.714 bits per heavy atom. The van der Waals surface area contributed by atoms with Gasteiger partial charge in [0, 0.05) is 34.1 Å². The van der Waals surface area contributed by atoms with Gasteiger partial charge >= 0.3 is 0 Å². The maximum absolute atomic E-state index is 5.96. The maximum atomic E-state index is 5.96. The van der Waals surface area contributed by atoms with Gasteiger partial charge in [-0.05, 0) is 72.5 Å². The standard InChI is InChI=1S/C38H39N3O/c1-4-6-24-38(25-7-5-2)31-19-14-20-34(42-3)36(31)37-32(38)22-23-33(40-37)28-15-13-18-30(27-28)41(29-16-9-8-10-17-29)35-21-11-12-26-39-35/h8-23,26-27H,4-7,24-25H2,1-3H3. The van der Waals surface area contributed by atoms with Gasteiger partial charge in [0.15, 0.2) is 0 Å². The zero-order valence-corrected chi connectivity index (χ0v) is 24.9. The Balaban J connectivity index is 1.49. The molecule has 0 unspecified atom stereocenters. The third-order valence-corrected chi connectivity index (χ3v) is 8.62. The Labute approximate surface area is 250 Å². The lowest BCUT2D eigenvalue weighted by molar-refractivity contribution is 0.405. The van der Waals surface area contributed by atoms with Crippen LogP contribution in [0.25, 0.3) is 22.5 Å². The first-order valence-corrected chi connectivity index (χ1v) is 15.3. The number of hydrogen-bond acceptors (Lipinski definition) is 4. The molecule has 4 heteroatoms. The van der Waals surface area contributed by atoms with Crippen molar-refractivity contribution in [3.05, 3.63) is 120 Å². The van der Waals surface area contributed by atoms with Gasteiger partial charge in [-0.2, -0.15) is 0 Å². The zero-order chi connectivity index (χ0) is 28.9. The molecule has 0 radical (unpaired) electrons.